The van der Waals surface area contributed by atoms with E-state index in [0.717, 1.165) is 0 Å². The molecule has 0 unspecified atom stereocenters. The summed E-state index contributed by atoms with van der Waals surface area (Å²) in [5.74, 6) is -0.386. The highest BCUT2D eigenvalue weighted by Crippen LogP contribution is 2.14. The average molecular weight is 277 g/mol. The van der Waals surface area contributed by atoms with Gasteiger partial charge in [0.2, 0.25) is 5.91 Å². The Morgan fingerprint density at radius 3 is 2.32 bits per heavy atom. The topological polar surface area (TPSA) is 102 Å². The second-order valence-electron chi connectivity index (χ2n) is 3.71. The highest BCUT2D eigenvalue weighted by atomic mass is 32.2. The van der Waals surface area contributed by atoms with Crippen LogP contribution in [-0.2, 0) is 10.0 Å². The van der Waals surface area contributed by atoms with Crippen LogP contribution in [0.2, 0.25) is 0 Å². The second-order valence-corrected chi connectivity index (χ2v) is 5.39. The van der Waals surface area contributed by atoms with Gasteiger partial charge in [-0.3, -0.25) is 9.52 Å². The summed E-state index contributed by atoms with van der Waals surface area (Å²) < 4.78 is 26.4. The molecule has 0 radical (unpaired) electrons. The van der Waals surface area contributed by atoms with Crippen LogP contribution in [0.15, 0.2) is 53.6 Å². The van der Waals surface area contributed by atoms with Gasteiger partial charge in [0.1, 0.15) is 5.82 Å². The van der Waals surface area contributed by atoms with Crippen molar-refractivity contribution in [1.29, 1.82) is 0 Å². The summed E-state index contributed by atoms with van der Waals surface area (Å²) in [6.45, 7) is 0. The number of hydrogen-bond donors (Lipinski definition) is 2. The third-order valence-corrected chi connectivity index (χ3v) is 3.72. The lowest BCUT2D eigenvalue weighted by atomic mass is 10.2. The molecule has 2 aromatic rings. The zero-order chi connectivity index (χ0) is 13.9. The Morgan fingerprint density at radius 2 is 1.79 bits per heavy atom. The fraction of sp³-hybridized carbons (Fsp3) is 0. The van der Waals surface area contributed by atoms with Gasteiger partial charge in [0.15, 0.2) is 0 Å². The van der Waals surface area contributed by atoms with E-state index in [9.17, 15) is 13.2 Å². The summed E-state index contributed by atoms with van der Waals surface area (Å²) in [7, 11) is -3.72. The van der Waals surface area contributed by atoms with Gasteiger partial charge in [0, 0.05) is 11.8 Å². The van der Waals surface area contributed by atoms with Crippen molar-refractivity contribution in [3.63, 3.8) is 0 Å². The molecule has 0 aliphatic carbocycles. The van der Waals surface area contributed by atoms with Crippen molar-refractivity contribution in [2.45, 2.75) is 4.90 Å². The molecule has 19 heavy (non-hydrogen) atoms. The SMILES string of the molecule is NC(=O)c1ccc(S(=O)(=O)Nc2ccccn2)cc1. The highest BCUT2D eigenvalue weighted by Gasteiger charge is 2.14. The number of amides is 1. The third kappa shape index (κ3) is 3.08. The molecule has 7 heteroatoms. The van der Waals surface area contributed by atoms with E-state index in [0.29, 0.717) is 0 Å². The van der Waals surface area contributed by atoms with Crippen LogP contribution in [0.25, 0.3) is 0 Å². The van der Waals surface area contributed by atoms with Crippen LogP contribution >= 0.6 is 0 Å². The molecule has 98 valence electrons. The van der Waals surface area contributed by atoms with E-state index in [1.165, 1.54) is 36.5 Å². The molecule has 1 aromatic heterocycles. The Hall–Kier alpha value is -2.41. The summed E-state index contributed by atoms with van der Waals surface area (Å²) >= 11 is 0. The van der Waals surface area contributed by atoms with Gasteiger partial charge in [-0.25, -0.2) is 13.4 Å². The molecule has 1 heterocycles. The number of aromatic nitrogens is 1. The van der Waals surface area contributed by atoms with Crippen molar-refractivity contribution in [3.8, 4) is 0 Å². The predicted octanol–water partition coefficient (Wildman–Crippen LogP) is 0.981. The predicted molar refractivity (Wildman–Crippen MR) is 70.0 cm³/mol. The van der Waals surface area contributed by atoms with Crippen LogP contribution in [-0.4, -0.2) is 19.3 Å². The first kappa shape index (κ1) is 13.0. The van der Waals surface area contributed by atoms with Gasteiger partial charge in [-0.2, -0.15) is 0 Å². The van der Waals surface area contributed by atoms with Gasteiger partial charge < -0.3 is 5.73 Å². The summed E-state index contributed by atoms with van der Waals surface area (Å²) in [4.78, 5) is 14.8. The number of rotatable bonds is 4. The van der Waals surface area contributed by atoms with Crippen LogP contribution in [0.3, 0.4) is 0 Å². The number of carbonyl (C=O) groups excluding carboxylic acids is 1. The van der Waals surface area contributed by atoms with Crippen LogP contribution < -0.4 is 10.5 Å². The van der Waals surface area contributed by atoms with Crippen LogP contribution in [0, 0.1) is 0 Å². The number of anilines is 1. The molecule has 0 bridgehead atoms. The Bertz CT molecular complexity index is 682. The molecule has 0 saturated carbocycles. The number of nitrogens with one attached hydrogen (secondary N) is 1. The number of hydrogen-bond acceptors (Lipinski definition) is 4. The van der Waals surface area contributed by atoms with E-state index in [2.05, 4.69) is 9.71 Å². The molecule has 0 fully saturated rings. The fourth-order valence-electron chi connectivity index (χ4n) is 1.42. The highest BCUT2D eigenvalue weighted by molar-refractivity contribution is 7.92. The maximum absolute atomic E-state index is 12.0. The van der Waals surface area contributed by atoms with E-state index in [1.54, 1.807) is 12.1 Å². The standard InChI is InChI=1S/C12H11N3O3S/c13-12(16)9-4-6-10(7-5-9)19(17,18)15-11-3-1-2-8-14-11/h1-8H,(H2,13,16)(H,14,15). The molecule has 6 nitrogen and oxygen atoms in total. The Balaban J connectivity index is 2.27. The molecule has 0 atom stereocenters. The third-order valence-electron chi connectivity index (χ3n) is 2.35. The lowest BCUT2D eigenvalue weighted by Crippen LogP contribution is -2.15. The maximum Gasteiger partial charge on any atom is 0.263 e. The summed E-state index contributed by atoms with van der Waals surface area (Å²) in [6.07, 6.45) is 1.48. The van der Waals surface area contributed by atoms with E-state index in [4.69, 9.17) is 5.73 Å². The molecule has 3 N–H and O–H groups in total. The first-order valence-electron chi connectivity index (χ1n) is 5.33. The quantitative estimate of drug-likeness (QED) is 0.869. The minimum absolute atomic E-state index is 0.0307. The smallest absolute Gasteiger partial charge is 0.263 e. The number of carbonyl (C=O) groups is 1. The van der Waals surface area contributed by atoms with Crippen molar-refractivity contribution in [2.24, 2.45) is 5.73 Å². The lowest BCUT2D eigenvalue weighted by molar-refractivity contribution is 0.1000. The van der Waals surface area contributed by atoms with Gasteiger partial charge in [0.25, 0.3) is 10.0 Å². The maximum atomic E-state index is 12.0. The molecule has 0 saturated heterocycles. The second kappa shape index (κ2) is 5.07. The number of pyridine rings is 1. The Kier molecular flexibility index (Phi) is 3.48. The molecule has 1 amide bonds. The number of nitrogens with two attached hydrogens (primary N) is 1. The van der Waals surface area contributed by atoms with E-state index >= 15 is 0 Å². The minimum atomic E-state index is -3.72. The summed E-state index contributed by atoms with van der Waals surface area (Å²) in [5.41, 5.74) is 5.33. The van der Waals surface area contributed by atoms with Gasteiger partial charge in [0.05, 0.1) is 4.90 Å². The first-order valence-corrected chi connectivity index (χ1v) is 6.81. The number of benzene rings is 1. The number of nitrogens with zero attached hydrogens (tertiary/aromatic N) is 1. The van der Waals surface area contributed by atoms with E-state index in [-0.39, 0.29) is 16.3 Å². The van der Waals surface area contributed by atoms with Crippen LogP contribution in [0.1, 0.15) is 10.4 Å². The summed E-state index contributed by atoms with van der Waals surface area (Å²) in [6, 6.07) is 10.2. The monoisotopic (exact) mass is 277 g/mol. The largest absolute Gasteiger partial charge is 0.366 e. The van der Waals surface area contributed by atoms with Crippen molar-refractivity contribution in [3.05, 3.63) is 54.2 Å². The van der Waals surface area contributed by atoms with Crippen LogP contribution in [0.5, 0.6) is 0 Å². The number of primary amides is 1. The van der Waals surface area contributed by atoms with E-state index in [1.807, 2.05) is 0 Å². The molecule has 0 aliphatic rings. The Morgan fingerprint density at radius 1 is 1.11 bits per heavy atom. The fourth-order valence-corrected chi connectivity index (χ4v) is 2.43. The van der Waals surface area contributed by atoms with Crippen molar-refractivity contribution in [1.82, 2.24) is 4.98 Å². The van der Waals surface area contributed by atoms with Gasteiger partial charge in [-0.15, -0.1) is 0 Å². The van der Waals surface area contributed by atoms with Crippen molar-refractivity contribution < 1.29 is 13.2 Å². The average Bonchev–Trinajstić information content (AvgIpc) is 2.39. The van der Waals surface area contributed by atoms with Gasteiger partial charge in [-0.05, 0) is 36.4 Å². The molecule has 1 aromatic carbocycles. The zero-order valence-electron chi connectivity index (χ0n) is 9.78. The van der Waals surface area contributed by atoms with E-state index < -0.39 is 15.9 Å². The van der Waals surface area contributed by atoms with Gasteiger partial charge >= 0.3 is 0 Å². The zero-order valence-corrected chi connectivity index (χ0v) is 10.6. The van der Waals surface area contributed by atoms with Crippen molar-refractivity contribution >= 4 is 21.7 Å². The van der Waals surface area contributed by atoms with Gasteiger partial charge in [-0.1, -0.05) is 6.07 Å². The lowest BCUT2D eigenvalue weighted by Gasteiger charge is -2.07. The molecule has 2 rings (SSSR count). The minimum Gasteiger partial charge on any atom is -0.366 e. The Labute approximate surface area is 110 Å². The molecular weight excluding hydrogens is 266 g/mol. The molecule has 0 spiro atoms. The normalized spacial score (nSPS) is 10.9. The number of sulfonamides is 1. The summed E-state index contributed by atoms with van der Waals surface area (Å²) in [5, 5.41) is 0. The van der Waals surface area contributed by atoms with Crippen LogP contribution in [0.4, 0.5) is 5.82 Å². The molecular formula is C12H11N3O3S. The first-order chi connectivity index (χ1) is 8.99. The van der Waals surface area contributed by atoms with Crippen molar-refractivity contribution in [2.75, 3.05) is 4.72 Å². The molecule has 0 aliphatic heterocycles.